The van der Waals surface area contributed by atoms with Crippen LogP contribution in [0, 0.1) is 0 Å². The molecule has 4 rings (SSSR count). The first-order valence-electron chi connectivity index (χ1n) is 9.38. The highest BCUT2D eigenvalue weighted by molar-refractivity contribution is 5.94. The third-order valence-electron chi connectivity index (χ3n) is 4.62. The van der Waals surface area contributed by atoms with Crippen LogP contribution in [0.5, 0.6) is 23.3 Å². The molecule has 1 aliphatic heterocycles. The molecular weight excluding hydrogens is 370 g/mol. The van der Waals surface area contributed by atoms with E-state index in [0.717, 1.165) is 12.2 Å². The van der Waals surface area contributed by atoms with E-state index in [4.69, 9.17) is 14.2 Å². The van der Waals surface area contributed by atoms with Gasteiger partial charge < -0.3 is 19.1 Å². The van der Waals surface area contributed by atoms with Crippen LogP contribution < -0.4 is 14.2 Å². The van der Waals surface area contributed by atoms with Crippen molar-refractivity contribution in [1.82, 2.24) is 15.1 Å². The van der Waals surface area contributed by atoms with Gasteiger partial charge in [0.2, 0.25) is 11.8 Å². The first-order chi connectivity index (χ1) is 14.2. The molecule has 29 heavy (non-hydrogen) atoms. The van der Waals surface area contributed by atoms with E-state index in [1.807, 2.05) is 30.3 Å². The molecule has 0 radical (unpaired) electrons. The molecule has 3 aromatic rings. The molecule has 0 spiro atoms. The molecule has 0 saturated carbocycles. The fourth-order valence-corrected chi connectivity index (χ4v) is 3.13. The molecule has 1 saturated heterocycles. The molecule has 2 aromatic carbocycles. The first kappa shape index (κ1) is 18.7. The maximum atomic E-state index is 12.8. The van der Waals surface area contributed by atoms with E-state index in [1.165, 1.54) is 7.11 Å². The summed E-state index contributed by atoms with van der Waals surface area (Å²) in [6.45, 7) is 1.14. The van der Waals surface area contributed by atoms with Gasteiger partial charge in [-0.2, -0.15) is 0 Å². The van der Waals surface area contributed by atoms with E-state index in [0.29, 0.717) is 36.2 Å². The van der Waals surface area contributed by atoms with Crippen molar-refractivity contribution in [2.75, 3.05) is 20.2 Å². The lowest BCUT2D eigenvalue weighted by molar-refractivity contribution is 0.0771. The third-order valence-corrected chi connectivity index (χ3v) is 4.62. The van der Waals surface area contributed by atoms with E-state index < -0.39 is 0 Å². The number of methoxy groups -OCH3 is 1. The van der Waals surface area contributed by atoms with Crippen LogP contribution in [0.15, 0.2) is 66.7 Å². The summed E-state index contributed by atoms with van der Waals surface area (Å²) in [4.78, 5) is 14.6. The Kier molecular flexibility index (Phi) is 5.56. The molecule has 148 valence electrons. The number of carbonyl (C=O) groups excluding carboxylic acids is 1. The van der Waals surface area contributed by atoms with Crippen molar-refractivity contribution in [3.05, 3.63) is 72.3 Å². The number of nitrogens with zero attached hydrogens (tertiary/aromatic N) is 3. The van der Waals surface area contributed by atoms with Gasteiger partial charge in [0, 0.05) is 30.7 Å². The lowest BCUT2D eigenvalue weighted by atomic mass is 10.2. The van der Waals surface area contributed by atoms with Gasteiger partial charge in [-0.3, -0.25) is 4.79 Å². The molecule has 1 amide bonds. The second-order valence-electron chi connectivity index (χ2n) is 6.63. The molecule has 1 atom stereocenters. The Morgan fingerprint density at radius 3 is 2.31 bits per heavy atom. The lowest BCUT2D eigenvalue weighted by Crippen LogP contribution is -2.31. The Balaban J connectivity index is 1.33. The maximum Gasteiger partial charge on any atom is 0.253 e. The summed E-state index contributed by atoms with van der Waals surface area (Å²) in [6.07, 6.45) is 0.636. The van der Waals surface area contributed by atoms with Crippen molar-refractivity contribution in [3.63, 3.8) is 0 Å². The topological polar surface area (TPSA) is 73.8 Å². The molecule has 2 heterocycles. The van der Waals surface area contributed by atoms with E-state index in [1.54, 1.807) is 41.3 Å². The van der Waals surface area contributed by atoms with Gasteiger partial charge >= 0.3 is 0 Å². The van der Waals surface area contributed by atoms with Crippen molar-refractivity contribution in [2.45, 2.75) is 12.5 Å². The van der Waals surface area contributed by atoms with Crippen LogP contribution in [0.3, 0.4) is 0 Å². The van der Waals surface area contributed by atoms with E-state index in [9.17, 15) is 4.79 Å². The van der Waals surface area contributed by atoms with E-state index in [2.05, 4.69) is 10.2 Å². The Morgan fingerprint density at radius 1 is 0.931 bits per heavy atom. The predicted octanol–water partition coefficient (Wildman–Crippen LogP) is 3.57. The first-order valence-corrected chi connectivity index (χ1v) is 9.38. The van der Waals surface area contributed by atoms with Crippen molar-refractivity contribution in [3.8, 4) is 23.3 Å². The number of aromatic nitrogens is 2. The molecular formula is C22H21N3O4. The SMILES string of the molecule is COc1ccc(OC2CCN(C(=O)c3ccc(Oc4ccccc4)cc3)C2)nn1. The Bertz CT molecular complexity index is 946. The number of para-hydroxylation sites is 1. The quantitative estimate of drug-likeness (QED) is 0.640. The van der Waals surface area contributed by atoms with Crippen molar-refractivity contribution in [2.24, 2.45) is 0 Å². The number of carbonyl (C=O) groups is 1. The summed E-state index contributed by atoms with van der Waals surface area (Å²) < 4.78 is 16.6. The van der Waals surface area contributed by atoms with Crippen molar-refractivity contribution < 1.29 is 19.0 Å². The average Bonchev–Trinajstić information content (AvgIpc) is 3.23. The summed E-state index contributed by atoms with van der Waals surface area (Å²) >= 11 is 0. The summed E-state index contributed by atoms with van der Waals surface area (Å²) in [6, 6.07) is 20.1. The van der Waals surface area contributed by atoms with Crippen LogP contribution >= 0.6 is 0 Å². The van der Waals surface area contributed by atoms with Crippen molar-refractivity contribution in [1.29, 1.82) is 0 Å². The molecule has 7 nitrogen and oxygen atoms in total. The fraction of sp³-hybridized carbons (Fsp3) is 0.227. The second-order valence-corrected chi connectivity index (χ2v) is 6.63. The minimum Gasteiger partial charge on any atom is -0.480 e. The fourth-order valence-electron chi connectivity index (χ4n) is 3.13. The Morgan fingerprint density at radius 2 is 1.62 bits per heavy atom. The van der Waals surface area contributed by atoms with E-state index >= 15 is 0 Å². The van der Waals surface area contributed by atoms with Crippen LogP contribution in [-0.4, -0.2) is 47.3 Å². The number of amides is 1. The minimum atomic E-state index is -0.109. The zero-order valence-corrected chi connectivity index (χ0v) is 16.0. The standard InChI is InChI=1S/C22H21N3O4/c1-27-20-11-12-21(24-23-20)29-19-13-14-25(15-19)22(26)16-7-9-18(10-8-16)28-17-5-3-2-4-6-17/h2-12,19H,13-15H2,1H3. The molecule has 1 unspecified atom stereocenters. The molecule has 0 bridgehead atoms. The molecule has 1 fully saturated rings. The summed E-state index contributed by atoms with van der Waals surface area (Å²) in [5.74, 6) is 2.28. The number of ether oxygens (including phenoxy) is 3. The second kappa shape index (κ2) is 8.60. The molecule has 1 aliphatic rings. The van der Waals surface area contributed by atoms with E-state index in [-0.39, 0.29) is 12.0 Å². The van der Waals surface area contributed by atoms with Crippen LogP contribution in [0.25, 0.3) is 0 Å². The predicted molar refractivity (Wildman–Crippen MR) is 106 cm³/mol. The average molecular weight is 391 g/mol. The van der Waals surface area contributed by atoms with Gasteiger partial charge in [0.05, 0.1) is 13.7 Å². The lowest BCUT2D eigenvalue weighted by Gasteiger charge is -2.17. The summed E-state index contributed by atoms with van der Waals surface area (Å²) in [5.41, 5.74) is 0.621. The monoisotopic (exact) mass is 391 g/mol. The highest BCUT2D eigenvalue weighted by atomic mass is 16.5. The van der Waals surface area contributed by atoms with Crippen LogP contribution in [0.4, 0.5) is 0 Å². The number of hydrogen-bond acceptors (Lipinski definition) is 6. The normalized spacial score (nSPS) is 15.8. The zero-order chi connectivity index (χ0) is 20.1. The third kappa shape index (κ3) is 4.63. The van der Waals surface area contributed by atoms with Crippen molar-refractivity contribution >= 4 is 5.91 Å². The van der Waals surface area contributed by atoms with Gasteiger partial charge in [0.1, 0.15) is 17.6 Å². The highest BCUT2D eigenvalue weighted by Crippen LogP contribution is 2.23. The molecule has 1 aromatic heterocycles. The number of likely N-dealkylation sites (tertiary alicyclic amines) is 1. The summed E-state index contributed by atoms with van der Waals surface area (Å²) in [5, 5.41) is 7.86. The summed E-state index contributed by atoms with van der Waals surface area (Å²) in [7, 11) is 1.53. The zero-order valence-electron chi connectivity index (χ0n) is 16.0. The van der Waals surface area contributed by atoms with Crippen LogP contribution in [-0.2, 0) is 0 Å². The smallest absolute Gasteiger partial charge is 0.253 e. The molecule has 0 aliphatic carbocycles. The van der Waals surface area contributed by atoms with Gasteiger partial charge in [0.25, 0.3) is 5.91 Å². The molecule has 7 heteroatoms. The van der Waals surface area contributed by atoms with Gasteiger partial charge in [0.15, 0.2) is 0 Å². The Hall–Kier alpha value is -3.61. The number of hydrogen-bond donors (Lipinski definition) is 0. The maximum absolute atomic E-state index is 12.8. The minimum absolute atomic E-state index is 0.0248. The number of rotatable bonds is 6. The highest BCUT2D eigenvalue weighted by Gasteiger charge is 2.28. The number of benzene rings is 2. The van der Waals surface area contributed by atoms with Gasteiger partial charge in [-0.25, -0.2) is 0 Å². The van der Waals surface area contributed by atoms with Gasteiger partial charge in [-0.15, -0.1) is 10.2 Å². The van der Waals surface area contributed by atoms with Crippen LogP contribution in [0.2, 0.25) is 0 Å². The van der Waals surface area contributed by atoms with Gasteiger partial charge in [-0.1, -0.05) is 18.2 Å². The largest absolute Gasteiger partial charge is 0.480 e. The van der Waals surface area contributed by atoms with Gasteiger partial charge in [-0.05, 0) is 36.4 Å². The Labute approximate surface area is 168 Å². The molecule has 0 N–H and O–H groups in total. The van der Waals surface area contributed by atoms with Crippen LogP contribution in [0.1, 0.15) is 16.8 Å².